The molecule has 0 spiro atoms. The number of hydrogen-bond donors (Lipinski definition) is 1. The molecule has 1 aromatic carbocycles. The van der Waals surface area contributed by atoms with Crippen LogP contribution in [0, 0.1) is 12.3 Å². The zero-order chi connectivity index (χ0) is 21.9. The van der Waals surface area contributed by atoms with Gasteiger partial charge in [0, 0.05) is 22.7 Å². The van der Waals surface area contributed by atoms with Gasteiger partial charge in [-0.05, 0) is 44.0 Å². The lowest BCUT2D eigenvalue weighted by Gasteiger charge is -2.31. The smallest absolute Gasteiger partial charge is 0.397 e. The predicted octanol–water partition coefficient (Wildman–Crippen LogP) is 5.41. The van der Waals surface area contributed by atoms with Crippen molar-refractivity contribution in [3.05, 3.63) is 46.2 Å². The van der Waals surface area contributed by atoms with E-state index in [4.69, 9.17) is 21.4 Å². The zero-order valence-corrected chi connectivity index (χ0v) is 17.4. The molecule has 9 heteroatoms. The van der Waals surface area contributed by atoms with Gasteiger partial charge >= 0.3 is 12.1 Å². The highest BCUT2D eigenvalue weighted by atomic mass is 35.5. The van der Waals surface area contributed by atoms with Gasteiger partial charge in [-0.2, -0.15) is 18.3 Å². The monoisotopic (exact) mass is 444 g/mol. The molecule has 0 radical (unpaired) electrons. The summed E-state index contributed by atoms with van der Waals surface area (Å²) in [5.41, 5.74) is 0.259. The highest BCUT2D eigenvalue weighted by molar-refractivity contribution is 6.30. The second-order valence-electron chi connectivity index (χ2n) is 7.85. The number of carboxylic acid groups (broad SMARTS) is 1. The Hall–Kier alpha value is -2.22. The van der Waals surface area contributed by atoms with E-state index in [1.807, 2.05) is 6.92 Å². The zero-order valence-electron chi connectivity index (χ0n) is 16.6. The van der Waals surface area contributed by atoms with Gasteiger partial charge in [0.05, 0.1) is 24.1 Å². The molecule has 5 nitrogen and oxygen atoms in total. The molecule has 0 amide bonds. The molecule has 0 atom stereocenters. The average Bonchev–Trinajstić information content (AvgIpc) is 3.27. The Bertz CT molecular complexity index is 905. The van der Waals surface area contributed by atoms with Gasteiger partial charge in [0.25, 0.3) is 0 Å². The number of benzene rings is 1. The number of nitrogens with zero attached hydrogens (tertiary/aromatic N) is 2. The molecule has 0 saturated heterocycles. The van der Waals surface area contributed by atoms with E-state index in [0.717, 1.165) is 5.69 Å². The van der Waals surface area contributed by atoms with E-state index in [0.29, 0.717) is 41.3 Å². The molecular formula is C21H24ClF3N2O3. The normalized spacial score (nSPS) is 16.0. The number of carbonyl (C=O) groups is 1. The molecule has 30 heavy (non-hydrogen) atoms. The van der Waals surface area contributed by atoms with Crippen LogP contribution in [0.5, 0.6) is 5.75 Å². The summed E-state index contributed by atoms with van der Waals surface area (Å²) in [6.45, 7) is 1.67. The van der Waals surface area contributed by atoms with E-state index in [2.05, 4.69) is 5.10 Å². The Morgan fingerprint density at radius 2 is 2.00 bits per heavy atom. The first-order valence-electron chi connectivity index (χ1n) is 9.83. The third-order valence-electron chi connectivity index (χ3n) is 5.64. The minimum atomic E-state index is -4.31. The van der Waals surface area contributed by atoms with E-state index >= 15 is 0 Å². The lowest BCUT2D eigenvalue weighted by Crippen LogP contribution is -2.40. The van der Waals surface area contributed by atoms with E-state index in [9.17, 15) is 18.0 Å². The highest BCUT2D eigenvalue weighted by Crippen LogP contribution is 2.50. The van der Waals surface area contributed by atoms with Crippen molar-refractivity contribution in [2.75, 3.05) is 6.61 Å². The lowest BCUT2D eigenvalue weighted by atomic mass is 9.86. The fraction of sp³-hybridized carbons (Fsp3) is 0.524. The first-order chi connectivity index (χ1) is 14.1. The minimum absolute atomic E-state index is 0.0263. The Morgan fingerprint density at radius 3 is 2.63 bits per heavy atom. The number of aryl methyl sites for hydroxylation is 2. The third-order valence-corrected chi connectivity index (χ3v) is 5.87. The second-order valence-corrected chi connectivity index (χ2v) is 8.29. The van der Waals surface area contributed by atoms with Crippen LogP contribution in [0.3, 0.4) is 0 Å². The first-order valence-corrected chi connectivity index (χ1v) is 10.2. The topological polar surface area (TPSA) is 64.3 Å². The van der Waals surface area contributed by atoms with Crippen molar-refractivity contribution in [1.29, 1.82) is 0 Å². The number of alkyl halides is 3. The van der Waals surface area contributed by atoms with E-state index in [1.165, 1.54) is 0 Å². The average molecular weight is 445 g/mol. The highest BCUT2D eigenvalue weighted by Gasteiger charge is 2.56. The molecule has 1 aromatic heterocycles. The molecule has 1 fully saturated rings. The molecule has 1 saturated carbocycles. The van der Waals surface area contributed by atoms with Crippen molar-refractivity contribution in [1.82, 2.24) is 9.78 Å². The summed E-state index contributed by atoms with van der Waals surface area (Å²) >= 11 is 6.11. The molecule has 0 aliphatic heterocycles. The maximum atomic E-state index is 13.7. The molecule has 0 unspecified atom stereocenters. The van der Waals surface area contributed by atoms with Crippen molar-refractivity contribution >= 4 is 17.6 Å². The SMILES string of the molecule is Cc1cc(CCC(=O)O)nn1Cc1cc(Cl)ccc1OCC1(C(F)(F)F)CCCC1. The van der Waals surface area contributed by atoms with E-state index in [1.54, 1.807) is 28.9 Å². The molecule has 164 valence electrons. The molecular weight excluding hydrogens is 421 g/mol. The van der Waals surface area contributed by atoms with Gasteiger partial charge in [-0.3, -0.25) is 9.48 Å². The third kappa shape index (κ3) is 5.09. The van der Waals surface area contributed by atoms with Gasteiger partial charge < -0.3 is 9.84 Å². The van der Waals surface area contributed by atoms with Gasteiger partial charge in [-0.15, -0.1) is 0 Å². The van der Waals surface area contributed by atoms with Crippen molar-refractivity contribution in [3.8, 4) is 5.75 Å². The molecule has 2 aromatic rings. The summed E-state index contributed by atoms with van der Waals surface area (Å²) in [7, 11) is 0. The molecule has 0 bridgehead atoms. The van der Waals surface area contributed by atoms with Crippen LogP contribution in [-0.2, 0) is 17.8 Å². The first kappa shape index (κ1) is 22.5. The summed E-state index contributed by atoms with van der Waals surface area (Å²) in [6, 6.07) is 6.62. The number of hydrogen-bond acceptors (Lipinski definition) is 3. The predicted molar refractivity (Wildman–Crippen MR) is 106 cm³/mol. The number of aliphatic carboxylic acids is 1. The van der Waals surface area contributed by atoms with Crippen LogP contribution in [0.25, 0.3) is 0 Å². The summed E-state index contributed by atoms with van der Waals surface area (Å²) in [5.74, 6) is -0.560. The Morgan fingerprint density at radius 1 is 1.30 bits per heavy atom. The summed E-state index contributed by atoms with van der Waals surface area (Å²) in [6.07, 6.45) is -2.80. The number of halogens is 4. The van der Waals surface area contributed by atoms with Gasteiger partial charge in [0.15, 0.2) is 0 Å². The number of aromatic nitrogens is 2. The van der Waals surface area contributed by atoms with E-state index < -0.39 is 24.2 Å². The Balaban J connectivity index is 1.78. The van der Waals surface area contributed by atoms with Crippen LogP contribution >= 0.6 is 11.6 Å². The van der Waals surface area contributed by atoms with Crippen LogP contribution in [0.1, 0.15) is 49.1 Å². The van der Waals surface area contributed by atoms with Crippen LogP contribution in [0.2, 0.25) is 5.02 Å². The Kier molecular flexibility index (Phi) is 6.65. The molecule has 1 N–H and O–H groups in total. The van der Waals surface area contributed by atoms with Crippen LogP contribution < -0.4 is 4.74 Å². The summed E-state index contributed by atoms with van der Waals surface area (Å²) in [4.78, 5) is 10.8. The fourth-order valence-electron chi connectivity index (χ4n) is 3.85. The standard InChI is InChI=1S/C21H24ClF3N2O3/c1-14-10-17(5-7-19(28)29)26-27(14)12-15-11-16(22)4-6-18(15)30-13-20(21(23,24)25)8-2-3-9-20/h4,6,10-11H,2-3,5,7-9,12-13H2,1H3,(H,28,29). The number of rotatable bonds is 8. The van der Waals surface area contributed by atoms with Crippen LogP contribution in [0.15, 0.2) is 24.3 Å². The van der Waals surface area contributed by atoms with Crippen LogP contribution in [0.4, 0.5) is 13.2 Å². The maximum Gasteiger partial charge on any atom is 0.397 e. The number of carboxylic acids is 1. The minimum Gasteiger partial charge on any atom is -0.492 e. The van der Waals surface area contributed by atoms with Gasteiger partial charge in [-0.1, -0.05) is 24.4 Å². The molecule has 1 aliphatic carbocycles. The van der Waals surface area contributed by atoms with Crippen molar-refractivity contribution < 1.29 is 27.8 Å². The largest absolute Gasteiger partial charge is 0.492 e. The van der Waals surface area contributed by atoms with E-state index in [-0.39, 0.29) is 25.8 Å². The van der Waals surface area contributed by atoms with Crippen molar-refractivity contribution in [2.24, 2.45) is 5.41 Å². The van der Waals surface area contributed by atoms with Gasteiger partial charge in [0.2, 0.25) is 0 Å². The van der Waals surface area contributed by atoms with Gasteiger partial charge in [0.1, 0.15) is 12.4 Å². The van der Waals surface area contributed by atoms with Crippen molar-refractivity contribution in [3.63, 3.8) is 0 Å². The fourth-order valence-corrected chi connectivity index (χ4v) is 4.04. The lowest BCUT2D eigenvalue weighted by molar-refractivity contribution is -0.230. The molecule has 1 heterocycles. The number of ether oxygens (including phenoxy) is 1. The summed E-state index contributed by atoms with van der Waals surface area (Å²) in [5, 5.41) is 13.7. The van der Waals surface area contributed by atoms with Crippen molar-refractivity contribution in [2.45, 2.75) is 58.2 Å². The van der Waals surface area contributed by atoms with Crippen LogP contribution in [-0.4, -0.2) is 33.6 Å². The van der Waals surface area contributed by atoms with Gasteiger partial charge in [-0.25, -0.2) is 0 Å². The second kappa shape index (κ2) is 8.88. The summed E-state index contributed by atoms with van der Waals surface area (Å²) < 4.78 is 48.4. The maximum absolute atomic E-state index is 13.7. The molecule has 1 aliphatic rings. The Labute approximate surface area is 177 Å². The molecule has 3 rings (SSSR count). The quantitative estimate of drug-likeness (QED) is 0.591.